The number of anilines is 3. The predicted octanol–water partition coefficient (Wildman–Crippen LogP) is 5.93. The maximum absolute atomic E-state index is 5.51. The van der Waals surface area contributed by atoms with Gasteiger partial charge in [-0.25, -0.2) is 9.97 Å². The minimum absolute atomic E-state index is 0.573. The van der Waals surface area contributed by atoms with Crippen LogP contribution in [0, 0.1) is 13.8 Å². The maximum Gasteiger partial charge on any atom is 0.227 e. The average Bonchev–Trinajstić information content (AvgIpc) is 2.85. The molecule has 3 heterocycles. The van der Waals surface area contributed by atoms with Gasteiger partial charge in [0.05, 0.1) is 22.1 Å². The first kappa shape index (κ1) is 20.4. The van der Waals surface area contributed by atoms with Crippen molar-refractivity contribution in [1.82, 2.24) is 15.0 Å². The van der Waals surface area contributed by atoms with E-state index >= 15 is 0 Å². The Labute approximate surface area is 183 Å². The van der Waals surface area contributed by atoms with Gasteiger partial charge in [0.25, 0.3) is 0 Å². The summed E-state index contributed by atoms with van der Waals surface area (Å²) in [4.78, 5) is 14.8. The van der Waals surface area contributed by atoms with Crippen LogP contribution in [0.5, 0.6) is 0 Å². The molecule has 0 saturated carbocycles. The number of unbranched alkanes of at least 4 members (excludes halogenated alkanes) is 2. The highest BCUT2D eigenvalue weighted by molar-refractivity contribution is 7.80. The van der Waals surface area contributed by atoms with Crippen molar-refractivity contribution >= 4 is 34.5 Å². The van der Waals surface area contributed by atoms with Gasteiger partial charge in [-0.15, -0.1) is 0 Å². The number of hydrogen-bond acceptors (Lipinski definition) is 5. The summed E-state index contributed by atoms with van der Waals surface area (Å²) in [7, 11) is 0. The van der Waals surface area contributed by atoms with Crippen molar-refractivity contribution in [3.8, 4) is 11.3 Å². The van der Waals surface area contributed by atoms with E-state index in [2.05, 4.69) is 58.7 Å². The number of fused-ring (bicyclic) bond motifs is 3. The van der Waals surface area contributed by atoms with Gasteiger partial charge in [-0.3, -0.25) is 4.98 Å². The minimum atomic E-state index is 0.573. The molecule has 0 saturated heterocycles. The number of aromatic nitrogens is 3. The van der Waals surface area contributed by atoms with Gasteiger partial charge >= 0.3 is 0 Å². The molecule has 0 atom stereocenters. The summed E-state index contributed by atoms with van der Waals surface area (Å²) in [5, 5.41) is 6.74. The highest BCUT2D eigenvalue weighted by Crippen LogP contribution is 2.34. The van der Waals surface area contributed by atoms with Gasteiger partial charge in [-0.1, -0.05) is 44.1 Å². The minimum Gasteiger partial charge on any atom is -0.349 e. The molecular weight excluding hydrogens is 390 g/mol. The number of nitrogens with one attached hydrogen (secondary N) is 2. The van der Waals surface area contributed by atoms with Crippen LogP contribution in [0.25, 0.3) is 11.3 Å². The third-order valence-electron chi connectivity index (χ3n) is 5.38. The third kappa shape index (κ3) is 4.49. The first-order valence-electron chi connectivity index (χ1n) is 10.5. The Morgan fingerprint density at radius 2 is 1.97 bits per heavy atom. The largest absolute Gasteiger partial charge is 0.349 e. The fourth-order valence-electron chi connectivity index (χ4n) is 3.70. The molecule has 0 fully saturated rings. The second-order valence-electron chi connectivity index (χ2n) is 7.90. The lowest BCUT2D eigenvalue weighted by Crippen LogP contribution is -2.10. The van der Waals surface area contributed by atoms with Gasteiger partial charge in [-0.2, -0.15) is 0 Å². The predicted molar refractivity (Wildman–Crippen MR) is 128 cm³/mol. The van der Waals surface area contributed by atoms with Crippen molar-refractivity contribution in [1.29, 1.82) is 0 Å². The summed E-state index contributed by atoms with van der Waals surface area (Å²) in [6.07, 6.45) is 9.15. The van der Waals surface area contributed by atoms with E-state index in [1.54, 1.807) is 0 Å². The molecule has 3 aromatic rings. The molecule has 5 nitrogen and oxygen atoms in total. The van der Waals surface area contributed by atoms with Crippen molar-refractivity contribution in [3.05, 3.63) is 59.0 Å². The lowest BCUT2D eigenvalue weighted by Gasteiger charge is -2.13. The first-order valence-corrected chi connectivity index (χ1v) is 10.9. The van der Waals surface area contributed by atoms with E-state index in [-0.39, 0.29) is 0 Å². The van der Waals surface area contributed by atoms with E-state index in [1.165, 1.54) is 30.4 Å². The summed E-state index contributed by atoms with van der Waals surface area (Å²) in [6.45, 7) is 6.30. The number of nitrogens with zero attached hydrogens (tertiary/aromatic N) is 3. The van der Waals surface area contributed by atoms with E-state index in [4.69, 9.17) is 17.2 Å². The standard InChI is InChI=1S/C24H27N5S/c1-4-5-6-7-17-11-20(16(3)25-13-17)28-24-26-14-18-12-22(30)27-21-10-15(2)8-9-19(21)23(18)29-24/h8-11,13-14H,4-7,12H2,1-3H3,(H,27,30)(H,26,28,29). The molecule has 1 aliphatic heterocycles. The third-order valence-corrected chi connectivity index (χ3v) is 5.63. The zero-order chi connectivity index (χ0) is 21.1. The zero-order valence-corrected chi connectivity index (χ0v) is 18.6. The molecule has 0 radical (unpaired) electrons. The Kier molecular flexibility index (Phi) is 6.04. The molecule has 4 rings (SSSR count). The van der Waals surface area contributed by atoms with E-state index < -0.39 is 0 Å². The van der Waals surface area contributed by atoms with Crippen LogP contribution in [-0.4, -0.2) is 19.9 Å². The normalized spacial score (nSPS) is 12.6. The van der Waals surface area contributed by atoms with Gasteiger partial charge in [0.1, 0.15) is 0 Å². The summed E-state index contributed by atoms with van der Waals surface area (Å²) in [6, 6.07) is 8.48. The molecular formula is C24H27N5S. The van der Waals surface area contributed by atoms with E-state index in [0.717, 1.165) is 45.3 Å². The van der Waals surface area contributed by atoms with Gasteiger partial charge in [-0.05, 0) is 49.9 Å². The van der Waals surface area contributed by atoms with Crippen LogP contribution in [0.3, 0.4) is 0 Å². The topological polar surface area (TPSA) is 62.7 Å². The molecule has 2 N–H and O–H groups in total. The van der Waals surface area contributed by atoms with Crippen LogP contribution in [0.15, 0.2) is 36.7 Å². The fraction of sp³-hybridized carbons (Fsp3) is 0.333. The summed E-state index contributed by atoms with van der Waals surface area (Å²) in [5.74, 6) is 0.573. The Hall–Kier alpha value is -2.86. The Morgan fingerprint density at radius 3 is 2.80 bits per heavy atom. The van der Waals surface area contributed by atoms with Crippen LogP contribution in [-0.2, 0) is 12.8 Å². The van der Waals surface area contributed by atoms with Crippen LogP contribution in [0.1, 0.15) is 48.6 Å². The molecule has 30 heavy (non-hydrogen) atoms. The van der Waals surface area contributed by atoms with E-state index in [0.29, 0.717) is 12.4 Å². The zero-order valence-electron chi connectivity index (χ0n) is 17.7. The summed E-state index contributed by atoms with van der Waals surface area (Å²) >= 11 is 5.51. The number of thiocarbonyl (C=S) groups is 1. The number of benzene rings is 1. The molecule has 154 valence electrons. The van der Waals surface area contributed by atoms with Crippen molar-refractivity contribution in [2.24, 2.45) is 0 Å². The van der Waals surface area contributed by atoms with Crippen molar-refractivity contribution < 1.29 is 0 Å². The first-order chi connectivity index (χ1) is 14.5. The van der Waals surface area contributed by atoms with Gasteiger partial charge in [0.2, 0.25) is 5.95 Å². The Morgan fingerprint density at radius 1 is 1.10 bits per heavy atom. The molecule has 6 heteroatoms. The van der Waals surface area contributed by atoms with Crippen molar-refractivity contribution in [2.45, 2.75) is 52.9 Å². The van der Waals surface area contributed by atoms with Crippen LogP contribution >= 0.6 is 12.2 Å². The number of hydrogen-bond donors (Lipinski definition) is 2. The number of pyridine rings is 1. The molecule has 0 amide bonds. The summed E-state index contributed by atoms with van der Waals surface area (Å²) < 4.78 is 0. The number of rotatable bonds is 6. The lowest BCUT2D eigenvalue weighted by molar-refractivity contribution is 0.716. The van der Waals surface area contributed by atoms with Gasteiger partial charge in [0, 0.05) is 35.6 Å². The molecule has 0 aliphatic carbocycles. The second kappa shape index (κ2) is 8.88. The monoisotopic (exact) mass is 417 g/mol. The SMILES string of the molecule is CCCCCc1cnc(C)c(Nc2ncc3c(n2)-c2ccc(C)cc2NC(=S)C3)c1. The molecule has 0 spiro atoms. The molecule has 1 aromatic carbocycles. The average molecular weight is 418 g/mol. The van der Waals surface area contributed by atoms with E-state index in [9.17, 15) is 0 Å². The molecule has 1 aliphatic rings. The van der Waals surface area contributed by atoms with E-state index in [1.807, 2.05) is 19.3 Å². The highest BCUT2D eigenvalue weighted by atomic mass is 32.1. The molecule has 0 bridgehead atoms. The van der Waals surface area contributed by atoms with Crippen molar-refractivity contribution in [3.63, 3.8) is 0 Å². The van der Waals surface area contributed by atoms with Gasteiger partial charge < -0.3 is 10.6 Å². The van der Waals surface area contributed by atoms with Crippen molar-refractivity contribution in [2.75, 3.05) is 10.6 Å². The Balaban J connectivity index is 1.66. The maximum atomic E-state index is 5.51. The summed E-state index contributed by atoms with van der Waals surface area (Å²) in [5.41, 5.74) is 8.30. The second-order valence-corrected chi connectivity index (χ2v) is 8.39. The quantitative estimate of drug-likeness (QED) is 0.383. The van der Waals surface area contributed by atoms with Gasteiger partial charge in [0.15, 0.2) is 0 Å². The highest BCUT2D eigenvalue weighted by Gasteiger charge is 2.19. The van der Waals surface area contributed by atoms with Crippen LogP contribution in [0.2, 0.25) is 0 Å². The molecule has 2 aromatic heterocycles. The fourth-order valence-corrected chi connectivity index (χ4v) is 3.97. The number of aryl methyl sites for hydroxylation is 3. The van der Waals surface area contributed by atoms with Crippen LogP contribution in [0.4, 0.5) is 17.3 Å². The molecule has 0 unspecified atom stereocenters. The Bertz CT molecular complexity index is 1090. The van der Waals surface area contributed by atoms with Crippen LogP contribution < -0.4 is 10.6 Å². The smallest absolute Gasteiger partial charge is 0.227 e. The lowest BCUT2D eigenvalue weighted by atomic mass is 10.0.